The third kappa shape index (κ3) is 5.16. The molecule has 10 heteroatoms. The van der Waals surface area contributed by atoms with Crippen LogP contribution in [0.4, 0.5) is 0 Å². The van der Waals surface area contributed by atoms with Crippen molar-refractivity contribution in [3.05, 3.63) is 51.2 Å². The van der Waals surface area contributed by atoms with Crippen LogP contribution in [0, 0.1) is 0 Å². The number of carbonyl (C=O) groups is 2. The summed E-state index contributed by atoms with van der Waals surface area (Å²) in [4.78, 5) is 26.9. The van der Waals surface area contributed by atoms with E-state index in [0.29, 0.717) is 19.6 Å². The fourth-order valence-electron chi connectivity index (χ4n) is 2.94. The molecule has 1 amide bonds. The SMILES string of the molecule is CN(Cc1cccs1)C(=O)COC(=O)c1ccc(Cl)c(S(=O)(=O)N2CCCC2)c1. The summed E-state index contributed by atoms with van der Waals surface area (Å²) < 4.78 is 32.0. The van der Waals surface area contributed by atoms with Gasteiger partial charge in [-0.15, -0.1) is 11.3 Å². The van der Waals surface area contributed by atoms with E-state index in [9.17, 15) is 18.0 Å². The van der Waals surface area contributed by atoms with Crippen LogP contribution in [0.15, 0.2) is 40.6 Å². The molecule has 0 spiro atoms. The van der Waals surface area contributed by atoms with E-state index in [2.05, 4.69) is 0 Å². The summed E-state index contributed by atoms with van der Waals surface area (Å²) in [6.45, 7) is 0.849. The molecule has 0 aliphatic carbocycles. The molecule has 1 aliphatic rings. The third-order valence-corrected chi connectivity index (χ3v) is 7.82. The predicted molar refractivity (Wildman–Crippen MR) is 111 cm³/mol. The van der Waals surface area contributed by atoms with Gasteiger partial charge < -0.3 is 9.64 Å². The first-order valence-corrected chi connectivity index (χ1v) is 11.7. The highest BCUT2D eigenvalue weighted by Crippen LogP contribution is 2.28. The molecule has 7 nitrogen and oxygen atoms in total. The minimum absolute atomic E-state index is 0.0286. The second-order valence-electron chi connectivity index (χ2n) is 6.66. The first-order valence-electron chi connectivity index (χ1n) is 9.02. The summed E-state index contributed by atoms with van der Waals surface area (Å²) in [7, 11) is -2.16. The standard InChI is InChI=1S/C19H21ClN2O5S2/c1-21(12-15-5-4-10-28-15)18(23)13-27-19(24)14-6-7-16(20)17(11-14)29(25,26)22-8-2-3-9-22/h4-7,10-11H,2-3,8-9,12-13H2,1H3. The number of thiophene rings is 1. The molecule has 0 bridgehead atoms. The van der Waals surface area contributed by atoms with E-state index in [-0.39, 0.29) is 21.4 Å². The molecule has 1 saturated heterocycles. The van der Waals surface area contributed by atoms with Gasteiger partial charge in [0.15, 0.2) is 6.61 Å². The van der Waals surface area contributed by atoms with Crippen molar-refractivity contribution in [2.45, 2.75) is 24.3 Å². The summed E-state index contributed by atoms with van der Waals surface area (Å²) in [5.41, 5.74) is 0.0286. The monoisotopic (exact) mass is 456 g/mol. The Morgan fingerprint density at radius 3 is 2.62 bits per heavy atom. The zero-order valence-corrected chi connectivity index (χ0v) is 18.2. The van der Waals surface area contributed by atoms with Crippen molar-refractivity contribution < 1.29 is 22.7 Å². The highest BCUT2D eigenvalue weighted by Gasteiger charge is 2.30. The summed E-state index contributed by atoms with van der Waals surface area (Å²) in [5, 5.41) is 1.96. The molecule has 0 radical (unpaired) electrons. The smallest absolute Gasteiger partial charge is 0.338 e. The maximum Gasteiger partial charge on any atom is 0.338 e. The van der Waals surface area contributed by atoms with Crippen LogP contribution >= 0.6 is 22.9 Å². The number of hydrogen-bond acceptors (Lipinski definition) is 6. The third-order valence-electron chi connectivity index (χ3n) is 4.58. The maximum absolute atomic E-state index is 12.8. The average molecular weight is 457 g/mol. The largest absolute Gasteiger partial charge is 0.452 e. The molecule has 1 fully saturated rings. The highest BCUT2D eigenvalue weighted by molar-refractivity contribution is 7.89. The molecule has 0 atom stereocenters. The number of halogens is 1. The summed E-state index contributed by atoms with van der Waals surface area (Å²) in [5.74, 6) is -1.14. The minimum Gasteiger partial charge on any atom is -0.452 e. The van der Waals surface area contributed by atoms with Crippen molar-refractivity contribution in [2.75, 3.05) is 26.7 Å². The number of likely N-dealkylation sites (N-methyl/N-ethyl adjacent to an activating group) is 1. The molecule has 3 rings (SSSR count). The molecule has 2 heterocycles. The summed E-state index contributed by atoms with van der Waals surface area (Å²) in [6, 6.07) is 7.75. The Morgan fingerprint density at radius 2 is 1.97 bits per heavy atom. The van der Waals surface area contributed by atoms with Crippen molar-refractivity contribution in [1.82, 2.24) is 9.21 Å². The predicted octanol–water partition coefficient (Wildman–Crippen LogP) is 3.00. The van der Waals surface area contributed by atoms with Gasteiger partial charge in [-0.25, -0.2) is 13.2 Å². The fourth-order valence-corrected chi connectivity index (χ4v) is 5.72. The van der Waals surface area contributed by atoms with Crippen LogP contribution in [-0.4, -0.2) is 56.2 Å². The van der Waals surface area contributed by atoms with Gasteiger partial charge in [-0.3, -0.25) is 4.79 Å². The molecule has 1 aliphatic heterocycles. The van der Waals surface area contributed by atoms with E-state index in [1.54, 1.807) is 7.05 Å². The van der Waals surface area contributed by atoms with Gasteiger partial charge in [0.2, 0.25) is 10.0 Å². The van der Waals surface area contributed by atoms with E-state index in [1.807, 2.05) is 17.5 Å². The lowest BCUT2D eigenvalue weighted by Crippen LogP contribution is -2.30. The number of carbonyl (C=O) groups excluding carboxylic acids is 2. The van der Waals surface area contributed by atoms with Gasteiger partial charge in [0.25, 0.3) is 5.91 Å². The van der Waals surface area contributed by atoms with Crippen molar-refractivity contribution in [1.29, 1.82) is 0 Å². The van der Waals surface area contributed by atoms with Crippen molar-refractivity contribution in [3.8, 4) is 0 Å². The number of esters is 1. The summed E-state index contributed by atoms with van der Waals surface area (Å²) in [6.07, 6.45) is 1.58. The zero-order valence-electron chi connectivity index (χ0n) is 15.8. The topological polar surface area (TPSA) is 84.0 Å². The molecule has 1 aromatic carbocycles. The molecule has 0 unspecified atom stereocenters. The molecule has 0 N–H and O–H groups in total. The molecule has 156 valence electrons. The van der Waals surface area contributed by atoms with Crippen LogP contribution in [-0.2, 0) is 26.1 Å². The van der Waals surface area contributed by atoms with Crippen LogP contribution in [0.1, 0.15) is 28.1 Å². The van der Waals surface area contributed by atoms with E-state index >= 15 is 0 Å². The number of rotatable bonds is 7. The quantitative estimate of drug-likeness (QED) is 0.598. The van der Waals surface area contributed by atoms with Gasteiger partial charge in [-0.1, -0.05) is 17.7 Å². The second-order valence-corrected chi connectivity index (χ2v) is 10.0. The molecular formula is C19H21ClN2O5S2. The normalized spacial score (nSPS) is 14.7. The Bertz CT molecular complexity index is 986. The Labute approximate surface area is 178 Å². The van der Waals surface area contributed by atoms with E-state index in [1.165, 1.54) is 38.7 Å². The van der Waals surface area contributed by atoms with Crippen LogP contribution in [0.5, 0.6) is 0 Å². The van der Waals surface area contributed by atoms with Crippen molar-refractivity contribution >= 4 is 44.8 Å². The number of benzene rings is 1. The molecule has 0 saturated carbocycles. The van der Waals surface area contributed by atoms with Gasteiger partial charge in [-0.2, -0.15) is 4.31 Å². The molecular weight excluding hydrogens is 436 g/mol. The van der Waals surface area contributed by atoms with E-state index < -0.39 is 22.6 Å². The van der Waals surface area contributed by atoms with Crippen LogP contribution in [0.25, 0.3) is 0 Å². The van der Waals surface area contributed by atoms with Crippen LogP contribution in [0.3, 0.4) is 0 Å². The lowest BCUT2D eigenvalue weighted by atomic mass is 10.2. The minimum atomic E-state index is -3.78. The number of hydrogen-bond donors (Lipinski definition) is 0. The van der Waals surface area contributed by atoms with Crippen molar-refractivity contribution in [3.63, 3.8) is 0 Å². The molecule has 1 aromatic heterocycles. The Morgan fingerprint density at radius 1 is 1.24 bits per heavy atom. The van der Waals surface area contributed by atoms with Crippen LogP contribution in [0.2, 0.25) is 5.02 Å². The molecule has 29 heavy (non-hydrogen) atoms. The van der Waals surface area contributed by atoms with E-state index in [4.69, 9.17) is 16.3 Å². The van der Waals surface area contributed by atoms with Gasteiger partial charge in [0.05, 0.1) is 17.1 Å². The number of sulfonamides is 1. The van der Waals surface area contributed by atoms with Crippen LogP contribution < -0.4 is 0 Å². The summed E-state index contributed by atoms with van der Waals surface area (Å²) >= 11 is 7.61. The van der Waals surface area contributed by atoms with E-state index in [0.717, 1.165) is 17.7 Å². The second kappa shape index (κ2) is 9.25. The number of nitrogens with zero attached hydrogens (tertiary/aromatic N) is 2. The Kier molecular flexibility index (Phi) is 6.94. The van der Waals surface area contributed by atoms with Gasteiger partial charge in [0, 0.05) is 25.0 Å². The first-order chi connectivity index (χ1) is 13.8. The van der Waals surface area contributed by atoms with Crippen molar-refractivity contribution in [2.24, 2.45) is 0 Å². The highest BCUT2D eigenvalue weighted by atomic mass is 35.5. The fraction of sp³-hybridized carbons (Fsp3) is 0.368. The molecule has 2 aromatic rings. The van der Waals surface area contributed by atoms with Gasteiger partial charge in [-0.05, 0) is 42.5 Å². The Hall–Kier alpha value is -1.94. The zero-order chi connectivity index (χ0) is 21.0. The number of ether oxygens (including phenoxy) is 1. The number of amides is 1. The van der Waals surface area contributed by atoms with Gasteiger partial charge in [0.1, 0.15) is 4.90 Å². The average Bonchev–Trinajstić information content (AvgIpc) is 3.40. The lowest BCUT2D eigenvalue weighted by molar-refractivity contribution is -0.133. The lowest BCUT2D eigenvalue weighted by Gasteiger charge is -2.17. The Balaban J connectivity index is 1.66. The van der Waals surface area contributed by atoms with Gasteiger partial charge >= 0.3 is 5.97 Å². The maximum atomic E-state index is 12.8. The first kappa shape index (κ1) is 21.8.